The van der Waals surface area contributed by atoms with E-state index in [0.717, 1.165) is 42.8 Å². The van der Waals surface area contributed by atoms with Gasteiger partial charge in [-0.05, 0) is 91.3 Å². The summed E-state index contributed by atoms with van der Waals surface area (Å²) in [6.45, 7) is 2.24. The molecule has 2 aliphatic carbocycles. The maximum absolute atomic E-state index is 13.2. The molecular formula is C34H41ClN2O6. The summed E-state index contributed by atoms with van der Waals surface area (Å²) in [6, 6.07) is 11.4. The third-order valence-electron chi connectivity index (χ3n) is 10.2. The fourth-order valence-corrected chi connectivity index (χ4v) is 7.71. The standard InChI is InChI=1S/C34H41ClN2O6/c1-36-15-4-3-7-29(38)26-11-8-23(26)19-37-20-33(14-5-6-22-16-25(35)10-12-27(22)33)21-43-30-13-9-24(17-28(30)37)34(41,18-31(36)39)32(40)42-2/h3,7,9-10,12-13,16-17,23,26,29,38,41H,4-6,8,11,14-15,18-21H2,1-2H3/b7-3-/t23-,26+,29-,33-,34-/m0/s1. The SMILES string of the molecule is COC(=O)[C@]1(O)CC(=O)N(C)CC/C=C\[C@H](O)[C@@H]2CC[C@H]2CN2C[C@@]3(CCCc4cc(Cl)ccc43)COc3ccc1cc32. The van der Waals surface area contributed by atoms with Gasteiger partial charge < -0.3 is 29.5 Å². The average Bonchev–Trinajstić information content (AvgIpc) is 3.13. The maximum Gasteiger partial charge on any atom is 0.343 e. The number of esters is 1. The minimum absolute atomic E-state index is 0.125. The molecule has 4 aliphatic rings. The van der Waals surface area contributed by atoms with Crippen LogP contribution in [0.4, 0.5) is 5.69 Å². The van der Waals surface area contributed by atoms with Crippen molar-refractivity contribution in [2.75, 3.05) is 45.3 Å². The monoisotopic (exact) mass is 608 g/mol. The van der Waals surface area contributed by atoms with Crippen LogP contribution in [-0.2, 0) is 31.8 Å². The number of nitrogens with zero attached hydrogens (tertiary/aromatic N) is 2. The highest BCUT2D eigenvalue weighted by atomic mass is 35.5. The van der Waals surface area contributed by atoms with Gasteiger partial charge in [0.15, 0.2) is 5.60 Å². The third-order valence-corrected chi connectivity index (χ3v) is 10.4. The molecule has 1 amide bonds. The van der Waals surface area contributed by atoms with Crippen molar-refractivity contribution < 1.29 is 29.3 Å². The molecule has 0 aromatic heterocycles. The molecule has 0 unspecified atom stereocenters. The lowest BCUT2D eigenvalue weighted by molar-refractivity contribution is -0.168. The summed E-state index contributed by atoms with van der Waals surface area (Å²) in [5.74, 6) is -0.216. The lowest BCUT2D eigenvalue weighted by Crippen LogP contribution is -2.49. The number of halogens is 1. The Balaban J connectivity index is 1.46. The van der Waals surface area contributed by atoms with E-state index in [1.165, 1.54) is 23.1 Å². The Bertz CT molecular complexity index is 1430. The molecule has 1 saturated carbocycles. The summed E-state index contributed by atoms with van der Waals surface area (Å²) in [5.41, 5.74) is 1.09. The molecule has 43 heavy (non-hydrogen) atoms. The Hall–Kier alpha value is -3.07. The quantitative estimate of drug-likeness (QED) is 0.366. The van der Waals surface area contributed by atoms with Crippen molar-refractivity contribution in [3.63, 3.8) is 0 Å². The second-order valence-corrected chi connectivity index (χ2v) is 13.3. The number of hydrogen-bond donors (Lipinski definition) is 2. The lowest BCUT2D eigenvalue weighted by Gasteiger charge is -2.45. The zero-order chi connectivity index (χ0) is 30.4. The molecular weight excluding hydrogens is 568 g/mol. The van der Waals surface area contributed by atoms with Crippen molar-refractivity contribution in [2.24, 2.45) is 11.8 Å². The predicted octanol–water partition coefficient (Wildman–Crippen LogP) is 4.37. The molecule has 1 fully saturated rings. The van der Waals surface area contributed by atoms with Crippen LogP contribution in [0.25, 0.3) is 0 Å². The van der Waals surface area contributed by atoms with E-state index >= 15 is 0 Å². The van der Waals surface area contributed by atoms with Crippen molar-refractivity contribution in [3.05, 3.63) is 70.3 Å². The van der Waals surface area contributed by atoms with Gasteiger partial charge in [0.2, 0.25) is 5.91 Å². The van der Waals surface area contributed by atoms with Gasteiger partial charge in [0.25, 0.3) is 0 Å². The van der Waals surface area contributed by atoms with Crippen LogP contribution in [0.1, 0.15) is 55.2 Å². The van der Waals surface area contributed by atoms with Crippen molar-refractivity contribution in [1.82, 2.24) is 4.90 Å². The van der Waals surface area contributed by atoms with E-state index in [1.54, 1.807) is 25.2 Å². The number of hydrogen-bond acceptors (Lipinski definition) is 7. The Morgan fingerprint density at radius 3 is 2.79 bits per heavy atom. The fraction of sp³-hybridized carbons (Fsp3) is 0.529. The normalized spacial score (nSPS) is 31.7. The van der Waals surface area contributed by atoms with E-state index in [9.17, 15) is 19.8 Å². The first kappa shape index (κ1) is 30.0. The van der Waals surface area contributed by atoms with Gasteiger partial charge >= 0.3 is 5.97 Å². The Labute approximate surface area is 258 Å². The number of aliphatic hydroxyl groups excluding tert-OH is 1. The topological polar surface area (TPSA) is 99.5 Å². The molecule has 2 aromatic rings. The molecule has 230 valence electrons. The van der Waals surface area contributed by atoms with E-state index in [2.05, 4.69) is 17.0 Å². The number of methoxy groups -OCH3 is 1. The minimum Gasteiger partial charge on any atom is -0.490 e. The molecule has 2 bridgehead atoms. The smallest absolute Gasteiger partial charge is 0.343 e. The third kappa shape index (κ3) is 5.54. The van der Waals surface area contributed by atoms with E-state index in [4.69, 9.17) is 21.1 Å². The number of ether oxygens (including phenoxy) is 2. The molecule has 0 radical (unpaired) electrons. The number of rotatable bonds is 1. The molecule has 2 aliphatic heterocycles. The van der Waals surface area contributed by atoms with Gasteiger partial charge in [-0.3, -0.25) is 4.79 Å². The molecule has 0 saturated heterocycles. The van der Waals surface area contributed by atoms with Crippen LogP contribution in [0.5, 0.6) is 5.75 Å². The number of carbonyl (C=O) groups is 2. The summed E-state index contributed by atoms with van der Waals surface area (Å²) >= 11 is 6.40. The summed E-state index contributed by atoms with van der Waals surface area (Å²) in [4.78, 5) is 30.2. The van der Waals surface area contributed by atoms with E-state index in [0.29, 0.717) is 38.4 Å². The second kappa shape index (κ2) is 11.8. The minimum atomic E-state index is -2.17. The highest BCUT2D eigenvalue weighted by Gasteiger charge is 2.46. The number of fused-ring (bicyclic) bond motifs is 4. The van der Waals surface area contributed by atoms with Crippen LogP contribution in [0.3, 0.4) is 0 Å². The van der Waals surface area contributed by atoms with Crippen LogP contribution in [-0.4, -0.2) is 73.5 Å². The maximum atomic E-state index is 13.2. The van der Waals surface area contributed by atoms with Crippen molar-refractivity contribution in [1.29, 1.82) is 0 Å². The molecule has 8 nitrogen and oxygen atoms in total. The van der Waals surface area contributed by atoms with Gasteiger partial charge in [0.05, 0.1) is 31.9 Å². The summed E-state index contributed by atoms with van der Waals surface area (Å²) in [6.07, 6.45) is 8.19. The van der Waals surface area contributed by atoms with Gasteiger partial charge in [-0.1, -0.05) is 35.9 Å². The summed E-state index contributed by atoms with van der Waals surface area (Å²) < 4.78 is 11.6. The Morgan fingerprint density at radius 1 is 1.19 bits per heavy atom. The molecule has 2 aromatic carbocycles. The summed E-state index contributed by atoms with van der Waals surface area (Å²) in [7, 11) is 2.87. The first-order valence-corrected chi connectivity index (χ1v) is 15.7. The number of benzene rings is 2. The Kier molecular flexibility index (Phi) is 8.22. The highest BCUT2D eigenvalue weighted by Crippen LogP contribution is 2.47. The number of aryl methyl sites for hydroxylation is 1. The van der Waals surface area contributed by atoms with Gasteiger partial charge in [-0.25, -0.2) is 4.79 Å². The predicted molar refractivity (Wildman–Crippen MR) is 164 cm³/mol. The molecule has 1 spiro atoms. The summed E-state index contributed by atoms with van der Waals surface area (Å²) in [5, 5.41) is 23.7. The molecule has 2 N–H and O–H groups in total. The molecule has 5 atom stereocenters. The van der Waals surface area contributed by atoms with Gasteiger partial charge in [0, 0.05) is 37.1 Å². The van der Waals surface area contributed by atoms with Crippen LogP contribution >= 0.6 is 11.6 Å². The molecule has 6 rings (SSSR count). The van der Waals surface area contributed by atoms with Crippen molar-refractivity contribution in [3.8, 4) is 5.75 Å². The number of aliphatic hydroxyl groups is 2. The largest absolute Gasteiger partial charge is 0.490 e. The van der Waals surface area contributed by atoms with Crippen LogP contribution in [0.15, 0.2) is 48.6 Å². The second-order valence-electron chi connectivity index (χ2n) is 12.8. The number of anilines is 1. The van der Waals surface area contributed by atoms with E-state index in [1.807, 2.05) is 18.2 Å². The lowest BCUT2D eigenvalue weighted by atomic mass is 9.68. The molecule has 2 heterocycles. The van der Waals surface area contributed by atoms with Crippen LogP contribution < -0.4 is 9.64 Å². The van der Waals surface area contributed by atoms with Gasteiger partial charge in [-0.2, -0.15) is 0 Å². The zero-order valence-electron chi connectivity index (χ0n) is 24.9. The van der Waals surface area contributed by atoms with Gasteiger partial charge in [-0.15, -0.1) is 0 Å². The number of carbonyl (C=O) groups excluding carboxylic acids is 2. The number of amides is 1. The van der Waals surface area contributed by atoms with Crippen molar-refractivity contribution >= 4 is 29.2 Å². The molecule has 9 heteroatoms. The Morgan fingerprint density at radius 2 is 2.02 bits per heavy atom. The van der Waals surface area contributed by atoms with E-state index in [-0.39, 0.29) is 28.7 Å². The van der Waals surface area contributed by atoms with Gasteiger partial charge in [0.1, 0.15) is 5.75 Å². The first-order valence-electron chi connectivity index (χ1n) is 15.3. The van der Waals surface area contributed by atoms with Crippen molar-refractivity contribution in [2.45, 2.75) is 62.1 Å². The van der Waals surface area contributed by atoms with Crippen LogP contribution in [0, 0.1) is 11.8 Å². The zero-order valence-corrected chi connectivity index (χ0v) is 25.7. The van der Waals surface area contributed by atoms with E-state index < -0.39 is 24.1 Å². The fourth-order valence-electron chi connectivity index (χ4n) is 7.51. The van der Waals surface area contributed by atoms with Crippen LogP contribution in [0.2, 0.25) is 5.02 Å². The average molecular weight is 609 g/mol. The first-order chi connectivity index (χ1) is 20.6. The highest BCUT2D eigenvalue weighted by molar-refractivity contribution is 6.30.